The fourth-order valence-electron chi connectivity index (χ4n) is 2.10. The first-order chi connectivity index (χ1) is 6.78. The third-order valence-electron chi connectivity index (χ3n) is 3.53. The van der Waals surface area contributed by atoms with Crippen molar-refractivity contribution in [2.75, 3.05) is 6.54 Å². The lowest BCUT2D eigenvalue weighted by Gasteiger charge is -2.42. The fourth-order valence-corrected chi connectivity index (χ4v) is 3.15. The molecule has 1 aliphatic carbocycles. The van der Waals surface area contributed by atoms with Crippen molar-refractivity contribution in [1.82, 2.24) is 5.32 Å². The lowest BCUT2D eigenvalue weighted by Crippen LogP contribution is -2.52. The van der Waals surface area contributed by atoms with E-state index in [1.54, 1.807) is 0 Å². The minimum Gasteiger partial charge on any atom is -0.359 e. The van der Waals surface area contributed by atoms with Gasteiger partial charge in [0.25, 0.3) is 0 Å². The van der Waals surface area contributed by atoms with Crippen LogP contribution in [0.4, 0.5) is 0 Å². The quantitative estimate of drug-likeness (QED) is 0.778. The van der Waals surface area contributed by atoms with E-state index in [0.717, 1.165) is 11.8 Å². The molecule has 14 heavy (non-hydrogen) atoms. The summed E-state index contributed by atoms with van der Waals surface area (Å²) in [5, 5.41) is 5.59. The number of nitrogens with one attached hydrogen (secondary N) is 1. The van der Waals surface area contributed by atoms with E-state index in [2.05, 4.69) is 24.2 Å². The number of nitrogens with zero attached hydrogens (tertiary/aromatic N) is 1. The van der Waals surface area contributed by atoms with Gasteiger partial charge in [-0.3, -0.25) is 4.99 Å². The fraction of sp³-hybridized carbons (Fsp3) is 0.909. The van der Waals surface area contributed by atoms with Crippen molar-refractivity contribution in [3.05, 3.63) is 0 Å². The summed E-state index contributed by atoms with van der Waals surface area (Å²) in [6, 6.07) is 0. The highest BCUT2D eigenvalue weighted by Crippen LogP contribution is 2.36. The molecule has 1 fully saturated rings. The Labute approximate surface area is 90.9 Å². The number of amidine groups is 1. The lowest BCUT2D eigenvalue weighted by molar-refractivity contribution is 0.211. The maximum absolute atomic E-state index is 4.57. The minimum atomic E-state index is 0.411. The van der Waals surface area contributed by atoms with Gasteiger partial charge >= 0.3 is 0 Å². The van der Waals surface area contributed by atoms with E-state index < -0.39 is 0 Å². The molecule has 1 N–H and O–H groups in total. The van der Waals surface area contributed by atoms with Crippen molar-refractivity contribution in [2.24, 2.45) is 4.99 Å². The van der Waals surface area contributed by atoms with Crippen molar-refractivity contribution < 1.29 is 0 Å². The topological polar surface area (TPSA) is 24.4 Å². The molecule has 1 saturated carbocycles. The molecule has 0 bridgehead atoms. The molecule has 0 aromatic heterocycles. The van der Waals surface area contributed by atoms with Crippen molar-refractivity contribution in [3.63, 3.8) is 0 Å². The van der Waals surface area contributed by atoms with Crippen LogP contribution < -0.4 is 5.32 Å². The van der Waals surface area contributed by atoms with Crippen LogP contribution in [0.3, 0.4) is 0 Å². The summed E-state index contributed by atoms with van der Waals surface area (Å²) in [5.74, 6) is 0. The standard InChI is InChI=1S/C11H20N2S/c1-3-9-8-12-10(14-9)13-11(4-2)6-5-7-11/h9H,3-8H2,1-2H3,(H,12,13). The first-order valence-electron chi connectivity index (χ1n) is 5.77. The Hall–Kier alpha value is -0.180. The second-order valence-electron chi connectivity index (χ2n) is 4.41. The zero-order valence-electron chi connectivity index (χ0n) is 9.18. The normalized spacial score (nSPS) is 29.6. The van der Waals surface area contributed by atoms with Crippen molar-refractivity contribution in [2.45, 2.75) is 56.7 Å². The number of aliphatic imine (C=N–C) groups is 1. The Morgan fingerprint density at radius 1 is 1.50 bits per heavy atom. The molecule has 2 rings (SSSR count). The van der Waals surface area contributed by atoms with Gasteiger partial charge in [0.05, 0.1) is 6.54 Å². The van der Waals surface area contributed by atoms with E-state index in [0.29, 0.717) is 5.54 Å². The third-order valence-corrected chi connectivity index (χ3v) is 4.80. The molecular formula is C11H20N2S. The van der Waals surface area contributed by atoms with Crippen LogP contribution in [-0.2, 0) is 0 Å². The van der Waals surface area contributed by atoms with Gasteiger partial charge in [0.2, 0.25) is 0 Å². The molecule has 0 aromatic carbocycles. The zero-order valence-corrected chi connectivity index (χ0v) is 9.99. The van der Waals surface area contributed by atoms with Crippen LogP contribution in [0.25, 0.3) is 0 Å². The van der Waals surface area contributed by atoms with Crippen LogP contribution in [0.2, 0.25) is 0 Å². The van der Waals surface area contributed by atoms with E-state index in [-0.39, 0.29) is 0 Å². The maximum atomic E-state index is 4.57. The SMILES string of the molecule is CCC1CN=C(NC2(CC)CCC2)S1. The van der Waals surface area contributed by atoms with Crippen LogP contribution in [-0.4, -0.2) is 22.5 Å². The molecule has 3 heteroatoms. The Kier molecular flexibility index (Phi) is 3.05. The van der Waals surface area contributed by atoms with Crippen molar-refractivity contribution >= 4 is 16.9 Å². The second kappa shape index (κ2) is 4.13. The molecule has 0 amide bonds. The molecular weight excluding hydrogens is 192 g/mol. The molecule has 1 aliphatic heterocycles. The Balaban J connectivity index is 1.86. The van der Waals surface area contributed by atoms with Crippen LogP contribution in [0.5, 0.6) is 0 Å². The van der Waals surface area contributed by atoms with E-state index in [4.69, 9.17) is 0 Å². The van der Waals surface area contributed by atoms with Gasteiger partial charge < -0.3 is 5.32 Å². The molecule has 0 saturated heterocycles. The zero-order chi connectivity index (χ0) is 10.0. The van der Waals surface area contributed by atoms with Gasteiger partial charge in [-0.25, -0.2) is 0 Å². The molecule has 2 nitrogen and oxygen atoms in total. The maximum Gasteiger partial charge on any atom is 0.157 e. The highest BCUT2D eigenvalue weighted by Gasteiger charge is 2.36. The summed E-state index contributed by atoms with van der Waals surface area (Å²) < 4.78 is 0. The van der Waals surface area contributed by atoms with E-state index in [1.165, 1.54) is 37.3 Å². The number of thioether (sulfide) groups is 1. The summed E-state index contributed by atoms with van der Waals surface area (Å²) in [4.78, 5) is 4.57. The molecule has 0 radical (unpaired) electrons. The molecule has 2 aliphatic rings. The Morgan fingerprint density at radius 3 is 2.71 bits per heavy atom. The molecule has 1 atom stereocenters. The summed E-state index contributed by atoms with van der Waals surface area (Å²) in [6.45, 7) is 5.54. The summed E-state index contributed by atoms with van der Waals surface area (Å²) in [5.41, 5.74) is 0.411. The summed E-state index contributed by atoms with van der Waals surface area (Å²) in [7, 11) is 0. The van der Waals surface area contributed by atoms with Crippen LogP contribution in [0, 0.1) is 0 Å². The second-order valence-corrected chi connectivity index (χ2v) is 5.70. The van der Waals surface area contributed by atoms with Gasteiger partial charge in [-0.2, -0.15) is 0 Å². The van der Waals surface area contributed by atoms with E-state index >= 15 is 0 Å². The van der Waals surface area contributed by atoms with Crippen molar-refractivity contribution in [3.8, 4) is 0 Å². The third kappa shape index (κ3) is 1.92. The molecule has 0 aromatic rings. The van der Waals surface area contributed by atoms with Gasteiger partial charge in [0.15, 0.2) is 5.17 Å². The smallest absolute Gasteiger partial charge is 0.157 e. The largest absolute Gasteiger partial charge is 0.359 e. The van der Waals surface area contributed by atoms with Gasteiger partial charge in [0, 0.05) is 10.8 Å². The highest BCUT2D eigenvalue weighted by molar-refractivity contribution is 8.14. The van der Waals surface area contributed by atoms with Gasteiger partial charge in [-0.05, 0) is 32.1 Å². The van der Waals surface area contributed by atoms with Crippen molar-refractivity contribution in [1.29, 1.82) is 0 Å². The predicted octanol–water partition coefficient (Wildman–Crippen LogP) is 2.79. The van der Waals surface area contributed by atoms with Gasteiger partial charge in [-0.15, -0.1) is 0 Å². The molecule has 80 valence electrons. The van der Waals surface area contributed by atoms with Gasteiger partial charge in [-0.1, -0.05) is 25.6 Å². The Bertz CT molecular complexity index is 228. The van der Waals surface area contributed by atoms with Crippen LogP contribution in [0.15, 0.2) is 4.99 Å². The molecule has 1 heterocycles. The average Bonchev–Trinajstić information content (AvgIpc) is 2.59. The number of hydrogen-bond acceptors (Lipinski definition) is 3. The Morgan fingerprint density at radius 2 is 2.29 bits per heavy atom. The molecule has 0 spiro atoms. The lowest BCUT2D eigenvalue weighted by atomic mass is 9.75. The van der Waals surface area contributed by atoms with Crippen LogP contribution >= 0.6 is 11.8 Å². The van der Waals surface area contributed by atoms with Gasteiger partial charge in [0.1, 0.15) is 0 Å². The summed E-state index contributed by atoms with van der Waals surface area (Å²) in [6.07, 6.45) is 6.53. The molecule has 1 unspecified atom stereocenters. The average molecular weight is 212 g/mol. The predicted molar refractivity (Wildman–Crippen MR) is 64.0 cm³/mol. The van der Waals surface area contributed by atoms with Crippen LogP contribution in [0.1, 0.15) is 46.0 Å². The number of hydrogen-bond donors (Lipinski definition) is 1. The van der Waals surface area contributed by atoms with E-state index in [9.17, 15) is 0 Å². The minimum absolute atomic E-state index is 0.411. The highest BCUT2D eigenvalue weighted by atomic mass is 32.2. The first-order valence-corrected chi connectivity index (χ1v) is 6.65. The first kappa shape index (κ1) is 10.3. The number of rotatable bonds is 3. The monoisotopic (exact) mass is 212 g/mol. The summed E-state index contributed by atoms with van der Waals surface area (Å²) >= 11 is 1.94. The van der Waals surface area contributed by atoms with E-state index in [1.807, 2.05) is 11.8 Å².